The van der Waals surface area contributed by atoms with Gasteiger partial charge in [-0.1, -0.05) is 13.0 Å². The highest BCUT2D eigenvalue weighted by molar-refractivity contribution is 7.90. The number of rotatable bonds is 6. The molecule has 1 aliphatic rings. The predicted octanol–water partition coefficient (Wildman–Crippen LogP) is 2.81. The Bertz CT molecular complexity index is 1110. The highest BCUT2D eigenvalue weighted by Gasteiger charge is 2.41. The summed E-state index contributed by atoms with van der Waals surface area (Å²) in [6.45, 7) is 8.02. The van der Waals surface area contributed by atoms with Crippen LogP contribution in [0.25, 0.3) is 0 Å². The molecular formula is C20H27N5O4S. The van der Waals surface area contributed by atoms with Crippen molar-refractivity contribution >= 4 is 15.9 Å². The minimum atomic E-state index is -3.97. The maximum absolute atomic E-state index is 13.8. The number of hydrogen-bond acceptors (Lipinski definition) is 6. The smallest absolute Gasteiger partial charge is 0.390 e. The molecule has 0 amide bonds. The summed E-state index contributed by atoms with van der Waals surface area (Å²) in [5.41, 5.74) is 1.93. The first-order chi connectivity index (χ1) is 14.1. The number of nitrogens with zero attached hydrogens (tertiary/aromatic N) is 4. The van der Waals surface area contributed by atoms with Crippen molar-refractivity contribution in [3.05, 3.63) is 45.8 Å². The first kappa shape index (κ1) is 22.1. The van der Waals surface area contributed by atoms with Gasteiger partial charge in [0.2, 0.25) is 5.89 Å². The number of piperidine rings is 1. The van der Waals surface area contributed by atoms with E-state index in [0.717, 1.165) is 11.1 Å². The number of anilines is 1. The van der Waals surface area contributed by atoms with E-state index in [1.165, 1.54) is 8.61 Å². The summed E-state index contributed by atoms with van der Waals surface area (Å²) < 4.78 is 35.4. The molecule has 1 aliphatic heterocycles. The van der Waals surface area contributed by atoms with Crippen molar-refractivity contribution in [2.24, 2.45) is 5.41 Å². The van der Waals surface area contributed by atoms with Crippen LogP contribution in [-0.2, 0) is 10.2 Å². The standard InChI is InChI=1S/C20H27N5O4S/c1-5-17(18-22-23-19(26)29-18)25(16-7-6-14(2)15(3)12-16)30(27,28)24-10-8-20(4,13-21)9-11-24/h6-7,12,17H,5,8-11H2,1-4H3,(H,23,26). The second kappa shape index (κ2) is 8.24. The molecule has 10 heteroatoms. The van der Waals surface area contributed by atoms with Crippen molar-refractivity contribution in [3.63, 3.8) is 0 Å². The molecule has 0 radical (unpaired) electrons. The number of aromatic amines is 1. The van der Waals surface area contributed by atoms with Gasteiger partial charge in [0.15, 0.2) is 0 Å². The molecule has 9 nitrogen and oxygen atoms in total. The van der Waals surface area contributed by atoms with Crippen molar-refractivity contribution in [3.8, 4) is 6.07 Å². The highest BCUT2D eigenvalue weighted by Crippen LogP contribution is 2.37. The molecule has 1 saturated heterocycles. The summed E-state index contributed by atoms with van der Waals surface area (Å²) in [5, 5.41) is 15.5. The second-order valence-corrected chi connectivity index (χ2v) is 9.82. The summed E-state index contributed by atoms with van der Waals surface area (Å²) in [7, 11) is -3.97. The third kappa shape index (κ3) is 4.13. The van der Waals surface area contributed by atoms with Gasteiger partial charge in [0.05, 0.1) is 17.2 Å². The van der Waals surface area contributed by atoms with Crippen LogP contribution in [0.4, 0.5) is 5.69 Å². The molecule has 1 N–H and O–H groups in total. The Balaban J connectivity index is 2.07. The van der Waals surface area contributed by atoms with Gasteiger partial charge in [-0.25, -0.2) is 14.2 Å². The molecule has 0 bridgehead atoms. The second-order valence-electron chi connectivity index (χ2n) is 8.02. The number of benzene rings is 1. The average molecular weight is 434 g/mol. The zero-order chi connectivity index (χ0) is 22.1. The molecule has 2 aromatic rings. The Hall–Kier alpha value is -2.64. The van der Waals surface area contributed by atoms with Gasteiger partial charge in [-0.3, -0.25) is 0 Å². The predicted molar refractivity (Wildman–Crippen MR) is 112 cm³/mol. The van der Waals surface area contributed by atoms with Gasteiger partial charge in [0.25, 0.3) is 0 Å². The molecule has 0 aliphatic carbocycles. The zero-order valence-electron chi connectivity index (χ0n) is 17.7. The van der Waals surface area contributed by atoms with E-state index >= 15 is 0 Å². The minimum Gasteiger partial charge on any atom is -0.390 e. The van der Waals surface area contributed by atoms with Gasteiger partial charge in [-0.2, -0.15) is 18.0 Å². The van der Waals surface area contributed by atoms with Crippen LogP contribution in [0.2, 0.25) is 0 Å². The van der Waals surface area contributed by atoms with Crippen molar-refractivity contribution < 1.29 is 12.8 Å². The van der Waals surface area contributed by atoms with Crippen LogP contribution in [0.3, 0.4) is 0 Å². The van der Waals surface area contributed by atoms with Crippen molar-refractivity contribution in [1.29, 1.82) is 5.26 Å². The van der Waals surface area contributed by atoms with Crippen LogP contribution in [0.15, 0.2) is 27.4 Å². The third-order valence-electron chi connectivity index (χ3n) is 5.83. The Morgan fingerprint density at radius 3 is 2.50 bits per heavy atom. The maximum atomic E-state index is 13.8. The van der Waals surface area contributed by atoms with E-state index < -0.39 is 27.4 Å². The van der Waals surface area contributed by atoms with E-state index in [1.54, 1.807) is 6.07 Å². The quantitative estimate of drug-likeness (QED) is 0.747. The molecular weight excluding hydrogens is 406 g/mol. The number of nitrogens with one attached hydrogen (secondary N) is 1. The van der Waals surface area contributed by atoms with E-state index in [2.05, 4.69) is 16.3 Å². The lowest BCUT2D eigenvalue weighted by molar-refractivity contribution is 0.230. The Morgan fingerprint density at radius 2 is 2.00 bits per heavy atom. The van der Waals surface area contributed by atoms with Gasteiger partial charge in [0.1, 0.15) is 6.04 Å². The van der Waals surface area contributed by atoms with E-state index in [0.29, 0.717) is 24.9 Å². The SMILES string of the molecule is CCC(c1n[nH]c(=O)o1)N(c1ccc(C)c(C)c1)S(=O)(=O)N1CCC(C)(C#N)CC1. The third-order valence-corrected chi connectivity index (χ3v) is 7.81. The van der Waals surface area contributed by atoms with E-state index in [-0.39, 0.29) is 19.0 Å². The lowest BCUT2D eigenvalue weighted by atomic mass is 9.83. The molecule has 3 rings (SSSR count). The van der Waals surface area contributed by atoms with Crippen LogP contribution < -0.4 is 10.1 Å². The number of H-pyrrole nitrogens is 1. The zero-order valence-corrected chi connectivity index (χ0v) is 18.5. The number of nitriles is 1. The average Bonchev–Trinajstić information content (AvgIpc) is 3.14. The summed E-state index contributed by atoms with van der Waals surface area (Å²) in [5.74, 6) is -0.716. The van der Waals surface area contributed by atoms with Crippen molar-refractivity contribution in [2.45, 2.75) is 53.0 Å². The van der Waals surface area contributed by atoms with Crippen molar-refractivity contribution in [2.75, 3.05) is 17.4 Å². The molecule has 2 heterocycles. The summed E-state index contributed by atoms with van der Waals surface area (Å²) >= 11 is 0. The Labute approximate surface area is 176 Å². The molecule has 1 aromatic carbocycles. The fourth-order valence-electron chi connectivity index (χ4n) is 3.61. The monoisotopic (exact) mass is 433 g/mol. The molecule has 1 atom stereocenters. The molecule has 1 fully saturated rings. The van der Waals surface area contributed by atoms with Gasteiger partial charge in [-0.15, -0.1) is 5.10 Å². The van der Waals surface area contributed by atoms with Crippen LogP contribution in [0.1, 0.15) is 56.2 Å². The first-order valence-corrected chi connectivity index (χ1v) is 11.3. The molecule has 0 spiro atoms. The normalized spacial score (nSPS) is 18.0. The summed E-state index contributed by atoms with van der Waals surface area (Å²) in [6.07, 6.45) is 1.26. The minimum absolute atomic E-state index is 0.0168. The molecule has 162 valence electrons. The fraction of sp³-hybridized carbons (Fsp3) is 0.550. The summed E-state index contributed by atoms with van der Waals surface area (Å²) in [4.78, 5) is 11.5. The van der Waals surface area contributed by atoms with Gasteiger partial charge in [-0.05, 0) is 63.3 Å². The van der Waals surface area contributed by atoms with Crippen LogP contribution in [-0.4, -0.2) is 36.0 Å². The number of aryl methyl sites for hydroxylation is 2. The molecule has 1 unspecified atom stereocenters. The van der Waals surface area contributed by atoms with E-state index in [9.17, 15) is 18.5 Å². The van der Waals surface area contributed by atoms with E-state index in [1.807, 2.05) is 39.8 Å². The van der Waals surface area contributed by atoms with Gasteiger partial charge >= 0.3 is 16.0 Å². The van der Waals surface area contributed by atoms with Crippen LogP contribution in [0.5, 0.6) is 0 Å². The lowest BCUT2D eigenvalue weighted by Gasteiger charge is -2.39. The molecule has 1 aromatic heterocycles. The topological polar surface area (TPSA) is 123 Å². The Morgan fingerprint density at radius 1 is 1.33 bits per heavy atom. The van der Waals surface area contributed by atoms with Gasteiger partial charge < -0.3 is 4.42 Å². The van der Waals surface area contributed by atoms with Crippen molar-refractivity contribution in [1.82, 2.24) is 14.5 Å². The highest BCUT2D eigenvalue weighted by atomic mass is 32.2. The summed E-state index contributed by atoms with van der Waals surface area (Å²) in [6, 6.07) is 6.92. The Kier molecular flexibility index (Phi) is 6.06. The van der Waals surface area contributed by atoms with Crippen LogP contribution >= 0.6 is 0 Å². The van der Waals surface area contributed by atoms with E-state index in [4.69, 9.17) is 4.42 Å². The van der Waals surface area contributed by atoms with Gasteiger partial charge in [0, 0.05) is 13.1 Å². The first-order valence-electron chi connectivity index (χ1n) is 9.95. The number of hydrogen-bond donors (Lipinski definition) is 1. The largest absolute Gasteiger partial charge is 0.434 e. The lowest BCUT2D eigenvalue weighted by Crippen LogP contribution is -2.50. The maximum Gasteiger partial charge on any atom is 0.434 e. The molecule has 30 heavy (non-hydrogen) atoms. The fourth-order valence-corrected chi connectivity index (χ4v) is 5.44. The molecule has 0 saturated carbocycles. The number of aromatic nitrogens is 2. The van der Waals surface area contributed by atoms with Crippen LogP contribution in [0, 0.1) is 30.6 Å².